The molecule has 0 aliphatic carbocycles. The Labute approximate surface area is 129 Å². The second-order valence-electron chi connectivity index (χ2n) is 5.20. The molecule has 0 amide bonds. The largest absolute Gasteiger partial charge is 0.272 e. The fourth-order valence-corrected chi connectivity index (χ4v) is 2.53. The maximum atomic E-state index is 10.9. The van der Waals surface area contributed by atoms with Crippen molar-refractivity contribution in [1.82, 2.24) is 0 Å². The molecular formula is C19H15NO2. The Morgan fingerprint density at radius 2 is 1.23 bits per heavy atom. The van der Waals surface area contributed by atoms with Gasteiger partial charge in [0.2, 0.25) is 0 Å². The summed E-state index contributed by atoms with van der Waals surface area (Å²) in [5.41, 5.74) is 5.21. The minimum absolute atomic E-state index is 0.157. The van der Waals surface area contributed by atoms with Crippen LogP contribution in [0.4, 0.5) is 5.69 Å². The van der Waals surface area contributed by atoms with E-state index >= 15 is 0 Å². The van der Waals surface area contributed by atoms with E-state index in [9.17, 15) is 10.1 Å². The van der Waals surface area contributed by atoms with E-state index in [0.717, 1.165) is 16.7 Å². The van der Waals surface area contributed by atoms with E-state index in [-0.39, 0.29) is 10.6 Å². The SMILES string of the molecule is Cc1cc(-c2ccc(-c3ccccc3)cc2)ccc1[N+](=O)[O-]. The average Bonchev–Trinajstić information content (AvgIpc) is 2.55. The van der Waals surface area contributed by atoms with Crippen molar-refractivity contribution in [3.8, 4) is 22.3 Å². The summed E-state index contributed by atoms with van der Waals surface area (Å²) in [6.45, 7) is 1.76. The number of benzene rings is 3. The molecule has 0 fully saturated rings. The standard InChI is InChI=1S/C19H15NO2/c1-14-13-18(11-12-19(14)20(21)22)17-9-7-16(8-10-17)15-5-3-2-4-6-15/h2-13H,1H3. The monoisotopic (exact) mass is 289 g/mol. The van der Waals surface area contributed by atoms with Gasteiger partial charge in [0.1, 0.15) is 0 Å². The molecule has 0 radical (unpaired) electrons. The second-order valence-corrected chi connectivity index (χ2v) is 5.20. The smallest absolute Gasteiger partial charge is 0.258 e. The van der Waals surface area contributed by atoms with Crippen molar-refractivity contribution in [3.05, 3.63) is 88.5 Å². The molecular weight excluding hydrogens is 274 g/mol. The number of rotatable bonds is 3. The summed E-state index contributed by atoms with van der Waals surface area (Å²) in [6.07, 6.45) is 0. The number of nitrogens with zero attached hydrogens (tertiary/aromatic N) is 1. The van der Waals surface area contributed by atoms with Gasteiger partial charge in [-0.1, -0.05) is 54.6 Å². The number of nitro benzene ring substituents is 1. The number of nitro groups is 1. The summed E-state index contributed by atoms with van der Waals surface area (Å²) in [7, 11) is 0. The molecule has 3 rings (SSSR count). The highest BCUT2D eigenvalue weighted by molar-refractivity contribution is 5.71. The third-order valence-corrected chi connectivity index (χ3v) is 3.72. The molecule has 0 heterocycles. The summed E-state index contributed by atoms with van der Waals surface area (Å²) in [5, 5.41) is 10.9. The quantitative estimate of drug-likeness (QED) is 0.489. The first-order chi connectivity index (χ1) is 10.6. The van der Waals surface area contributed by atoms with Gasteiger partial charge in [-0.3, -0.25) is 10.1 Å². The Morgan fingerprint density at radius 3 is 1.77 bits per heavy atom. The van der Waals surface area contributed by atoms with Gasteiger partial charge >= 0.3 is 0 Å². The summed E-state index contributed by atoms with van der Waals surface area (Å²) < 4.78 is 0. The highest BCUT2D eigenvalue weighted by Gasteiger charge is 2.10. The summed E-state index contributed by atoms with van der Waals surface area (Å²) in [5.74, 6) is 0. The van der Waals surface area contributed by atoms with E-state index in [0.29, 0.717) is 5.56 Å². The van der Waals surface area contributed by atoms with Crippen LogP contribution < -0.4 is 0 Å². The molecule has 22 heavy (non-hydrogen) atoms. The van der Waals surface area contributed by atoms with E-state index in [1.165, 1.54) is 5.56 Å². The molecule has 0 saturated carbocycles. The molecule has 0 aromatic heterocycles. The zero-order chi connectivity index (χ0) is 15.5. The molecule has 0 saturated heterocycles. The zero-order valence-electron chi connectivity index (χ0n) is 12.2. The molecule has 0 N–H and O–H groups in total. The molecule has 0 unspecified atom stereocenters. The van der Waals surface area contributed by atoms with Crippen molar-refractivity contribution in [3.63, 3.8) is 0 Å². The summed E-state index contributed by atoms with van der Waals surface area (Å²) in [6, 6.07) is 23.6. The van der Waals surface area contributed by atoms with Gasteiger partial charge in [0, 0.05) is 11.6 Å². The molecule has 3 aromatic carbocycles. The average molecular weight is 289 g/mol. The van der Waals surface area contributed by atoms with Gasteiger partial charge in [-0.05, 0) is 41.3 Å². The molecule has 0 aliphatic heterocycles. The van der Waals surface area contributed by atoms with Crippen LogP contribution in [0.5, 0.6) is 0 Å². The van der Waals surface area contributed by atoms with Crippen LogP contribution in [0.3, 0.4) is 0 Å². The van der Waals surface area contributed by atoms with Crippen LogP contribution in [0.15, 0.2) is 72.8 Å². The van der Waals surface area contributed by atoms with Crippen molar-refractivity contribution in [1.29, 1.82) is 0 Å². The summed E-state index contributed by atoms with van der Waals surface area (Å²) in [4.78, 5) is 10.5. The third kappa shape index (κ3) is 2.74. The number of hydrogen-bond acceptors (Lipinski definition) is 2. The highest BCUT2D eigenvalue weighted by Crippen LogP contribution is 2.28. The Morgan fingerprint density at radius 1 is 0.727 bits per heavy atom. The van der Waals surface area contributed by atoms with Gasteiger partial charge in [0.05, 0.1) is 4.92 Å². The van der Waals surface area contributed by atoms with Crippen LogP contribution in [0.1, 0.15) is 5.56 Å². The molecule has 0 aliphatic rings. The number of aryl methyl sites for hydroxylation is 1. The normalized spacial score (nSPS) is 10.4. The Balaban J connectivity index is 1.93. The minimum Gasteiger partial charge on any atom is -0.258 e. The van der Waals surface area contributed by atoms with Crippen molar-refractivity contribution >= 4 is 5.69 Å². The van der Waals surface area contributed by atoms with Gasteiger partial charge in [-0.2, -0.15) is 0 Å². The lowest BCUT2D eigenvalue weighted by atomic mass is 9.99. The Hall–Kier alpha value is -2.94. The van der Waals surface area contributed by atoms with Crippen LogP contribution in [0.25, 0.3) is 22.3 Å². The zero-order valence-corrected chi connectivity index (χ0v) is 12.2. The van der Waals surface area contributed by atoms with E-state index in [1.807, 2.05) is 36.4 Å². The lowest BCUT2D eigenvalue weighted by molar-refractivity contribution is -0.385. The minimum atomic E-state index is -0.350. The second kappa shape index (κ2) is 5.82. The van der Waals surface area contributed by atoms with E-state index < -0.39 is 0 Å². The third-order valence-electron chi connectivity index (χ3n) is 3.72. The van der Waals surface area contributed by atoms with Gasteiger partial charge in [-0.25, -0.2) is 0 Å². The van der Waals surface area contributed by atoms with Gasteiger partial charge in [0.25, 0.3) is 5.69 Å². The van der Waals surface area contributed by atoms with Crippen LogP contribution >= 0.6 is 0 Å². The van der Waals surface area contributed by atoms with Crippen molar-refractivity contribution < 1.29 is 4.92 Å². The van der Waals surface area contributed by atoms with Crippen LogP contribution in [-0.4, -0.2) is 4.92 Å². The Kier molecular flexibility index (Phi) is 3.71. The molecule has 108 valence electrons. The van der Waals surface area contributed by atoms with Gasteiger partial charge < -0.3 is 0 Å². The number of hydrogen-bond donors (Lipinski definition) is 0. The molecule has 3 aromatic rings. The Bertz CT molecular complexity index is 809. The molecule has 3 heteroatoms. The molecule has 0 spiro atoms. The fraction of sp³-hybridized carbons (Fsp3) is 0.0526. The van der Waals surface area contributed by atoms with Crippen molar-refractivity contribution in [2.24, 2.45) is 0 Å². The highest BCUT2D eigenvalue weighted by atomic mass is 16.6. The van der Waals surface area contributed by atoms with Gasteiger partial charge in [0.15, 0.2) is 0 Å². The topological polar surface area (TPSA) is 43.1 Å². The van der Waals surface area contributed by atoms with Crippen molar-refractivity contribution in [2.75, 3.05) is 0 Å². The van der Waals surface area contributed by atoms with E-state index in [1.54, 1.807) is 19.1 Å². The molecule has 0 bridgehead atoms. The van der Waals surface area contributed by atoms with Gasteiger partial charge in [-0.15, -0.1) is 0 Å². The first-order valence-corrected chi connectivity index (χ1v) is 7.06. The first-order valence-electron chi connectivity index (χ1n) is 7.06. The first kappa shape index (κ1) is 14.0. The van der Waals surface area contributed by atoms with Crippen molar-refractivity contribution in [2.45, 2.75) is 6.92 Å². The lowest BCUT2D eigenvalue weighted by Crippen LogP contribution is -1.91. The maximum absolute atomic E-state index is 10.9. The summed E-state index contributed by atoms with van der Waals surface area (Å²) >= 11 is 0. The van der Waals surface area contributed by atoms with E-state index in [4.69, 9.17) is 0 Å². The van der Waals surface area contributed by atoms with Crippen LogP contribution in [-0.2, 0) is 0 Å². The predicted molar refractivity (Wildman–Crippen MR) is 88.7 cm³/mol. The maximum Gasteiger partial charge on any atom is 0.272 e. The van der Waals surface area contributed by atoms with Crippen LogP contribution in [0, 0.1) is 17.0 Å². The van der Waals surface area contributed by atoms with E-state index in [2.05, 4.69) is 24.3 Å². The molecule has 0 atom stereocenters. The molecule has 3 nitrogen and oxygen atoms in total. The lowest BCUT2D eigenvalue weighted by Gasteiger charge is -2.06. The predicted octanol–water partition coefficient (Wildman–Crippen LogP) is 5.24. The van der Waals surface area contributed by atoms with Crippen LogP contribution in [0.2, 0.25) is 0 Å². The fourth-order valence-electron chi connectivity index (χ4n) is 2.53.